The number of halogens is 2. The minimum Gasteiger partial charge on any atom is -0.493 e. The summed E-state index contributed by atoms with van der Waals surface area (Å²) < 4.78 is 39.2. The molecule has 0 radical (unpaired) electrons. The molecule has 0 saturated carbocycles. The molecule has 28 heavy (non-hydrogen) atoms. The minimum atomic E-state index is -3.03. The van der Waals surface area contributed by atoms with Crippen molar-refractivity contribution in [2.45, 2.75) is 6.61 Å². The summed E-state index contributed by atoms with van der Waals surface area (Å²) in [5.74, 6) is -1.11. The molecular weight excluding hydrogens is 378 g/mol. The van der Waals surface area contributed by atoms with E-state index in [-0.39, 0.29) is 39.9 Å². The predicted molar refractivity (Wildman–Crippen MR) is 93.3 cm³/mol. The summed E-state index contributed by atoms with van der Waals surface area (Å²) in [6.45, 7) is -3.03. The fraction of sp³-hybridized carbons (Fsp3) is 0.111. The van der Waals surface area contributed by atoms with Crippen LogP contribution in [0.3, 0.4) is 0 Å². The molecule has 0 unspecified atom stereocenters. The molecule has 0 amide bonds. The van der Waals surface area contributed by atoms with Crippen LogP contribution in [0.15, 0.2) is 53.2 Å². The van der Waals surface area contributed by atoms with Gasteiger partial charge in [0, 0.05) is 11.6 Å². The number of carbonyl (C=O) groups excluding carboxylic acids is 1. The van der Waals surface area contributed by atoms with Crippen molar-refractivity contribution in [3.63, 3.8) is 0 Å². The molecule has 8 nitrogen and oxygen atoms in total. The second-order valence-corrected chi connectivity index (χ2v) is 5.40. The average molecular weight is 390 g/mol. The maximum atomic E-state index is 12.4. The number of hydrogen-bond acceptors (Lipinski definition) is 7. The number of nitro benzene ring substituents is 1. The van der Waals surface area contributed by atoms with Crippen molar-refractivity contribution in [2.75, 3.05) is 7.11 Å². The van der Waals surface area contributed by atoms with Crippen LogP contribution >= 0.6 is 0 Å². The SMILES string of the molecule is COc1cc(C2=N/C(=C\c3ccccc3[N+](=O)[O-])C(=O)O2)ccc1OC(F)F. The topological polar surface area (TPSA) is 100 Å². The predicted octanol–water partition coefficient (Wildman–Crippen LogP) is 3.55. The molecule has 1 aliphatic heterocycles. The van der Waals surface area contributed by atoms with Gasteiger partial charge in [0.1, 0.15) is 0 Å². The molecule has 0 N–H and O–H groups in total. The van der Waals surface area contributed by atoms with E-state index in [1.165, 1.54) is 49.6 Å². The van der Waals surface area contributed by atoms with Crippen LogP contribution in [-0.4, -0.2) is 30.5 Å². The highest BCUT2D eigenvalue weighted by Gasteiger charge is 2.26. The first kappa shape index (κ1) is 19.0. The van der Waals surface area contributed by atoms with Crippen LogP contribution in [0.5, 0.6) is 11.5 Å². The van der Waals surface area contributed by atoms with Gasteiger partial charge in [0.25, 0.3) is 5.69 Å². The first-order valence-corrected chi connectivity index (χ1v) is 7.78. The summed E-state index contributed by atoms with van der Waals surface area (Å²) in [7, 11) is 1.26. The van der Waals surface area contributed by atoms with Crippen LogP contribution in [0.2, 0.25) is 0 Å². The van der Waals surface area contributed by atoms with Crippen molar-refractivity contribution in [1.29, 1.82) is 0 Å². The Kier molecular flexibility index (Phi) is 5.30. The quantitative estimate of drug-likeness (QED) is 0.324. The van der Waals surface area contributed by atoms with E-state index in [1.807, 2.05) is 0 Å². The van der Waals surface area contributed by atoms with Crippen molar-refractivity contribution in [2.24, 2.45) is 4.99 Å². The third-order valence-corrected chi connectivity index (χ3v) is 3.67. The Morgan fingerprint density at radius 1 is 1.21 bits per heavy atom. The van der Waals surface area contributed by atoms with Gasteiger partial charge in [-0.1, -0.05) is 12.1 Å². The second-order valence-electron chi connectivity index (χ2n) is 5.40. The number of ether oxygens (including phenoxy) is 3. The number of esters is 1. The van der Waals surface area contributed by atoms with Gasteiger partial charge in [-0.2, -0.15) is 8.78 Å². The fourth-order valence-corrected chi connectivity index (χ4v) is 2.45. The van der Waals surface area contributed by atoms with Crippen molar-refractivity contribution in [1.82, 2.24) is 0 Å². The van der Waals surface area contributed by atoms with Gasteiger partial charge in [-0.25, -0.2) is 9.79 Å². The average Bonchev–Trinajstić information content (AvgIpc) is 3.02. The molecule has 1 aliphatic rings. The summed E-state index contributed by atoms with van der Waals surface area (Å²) >= 11 is 0. The summed E-state index contributed by atoms with van der Waals surface area (Å²) in [5.41, 5.74) is 0.123. The molecule has 0 spiro atoms. The molecule has 0 aliphatic carbocycles. The fourth-order valence-electron chi connectivity index (χ4n) is 2.45. The molecule has 0 atom stereocenters. The molecule has 0 bridgehead atoms. The number of aliphatic imine (C=N–C) groups is 1. The Labute approximate surface area is 156 Å². The highest BCUT2D eigenvalue weighted by molar-refractivity contribution is 6.13. The van der Waals surface area contributed by atoms with Crippen LogP contribution in [0, 0.1) is 10.1 Å². The van der Waals surface area contributed by atoms with Crippen LogP contribution in [-0.2, 0) is 9.53 Å². The van der Waals surface area contributed by atoms with E-state index in [0.29, 0.717) is 0 Å². The van der Waals surface area contributed by atoms with Gasteiger partial charge in [0.2, 0.25) is 5.90 Å². The molecule has 0 saturated heterocycles. The highest BCUT2D eigenvalue weighted by atomic mass is 19.3. The summed E-state index contributed by atoms with van der Waals surface area (Å²) in [5, 5.41) is 11.1. The number of methoxy groups -OCH3 is 1. The highest BCUT2D eigenvalue weighted by Crippen LogP contribution is 2.31. The number of cyclic esters (lactones) is 1. The number of rotatable bonds is 6. The smallest absolute Gasteiger partial charge is 0.387 e. The monoisotopic (exact) mass is 390 g/mol. The maximum absolute atomic E-state index is 12.4. The van der Waals surface area contributed by atoms with Crippen LogP contribution < -0.4 is 9.47 Å². The van der Waals surface area contributed by atoms with Gasteiger partial charge in [-0.15, -0.1) is 0 Å². The number of nitro groups is 1. The Bertz CT molecular complexity index is 1000. The molecular formula is C18H12F2N2O6. The number of benzene rings is 2. The Morgan fingerprint density at radius 2 is 1.96 bits per heavy atom. The van der Waals surface area contributed by atoms with Crippen molar-refractivity contribution in [3.05, 3.63) is 69.4 Å². The van der Waals surface area contributed by atoms with Crippen molar-refractivity contribution < 1.29 is 32.7 Å². The van der Waals surface area contributed by atoms with Gasteiger partial charge >= 0.3 is 12.6 Å². The molecule has 0 fully saturated rings. The van der Waals surface area contributed by atoms with Gasteiger partial charge < -0.3 is 14.2 Å². The molecule has 144 valence electrons. The van der Waals surface area contributed by atoms with Crippen LogP contribution in [0.1, 0.15) is 11.1 Å². The Hall–Kier alpha value is -3.82. The number of nitrogens with zero attached hydrogens (tertiary/aromatic N) is 2. The minimum absolute atomic E-state index is 0.00678. The Balaban J connectivity index is 1.95. The number of hydrogen-bond donors (Lipinski definition) is 0. The summed E-state index contributed by atoms with van der Waals surface area (Å²) in [4.78, 5) is 26.6. The first-order valence-electron chi connectivity index (χ1n) is 7.78. The molecule has 3 rings (SSSR count). The summed E-state index contributed by atoms with van der Waals surface area (Å²) in [6, 6.07) is 9.74. The zero-order valence-corrected chi connectivity index (χ0v) is 14.3. The molecule has 10 heteroatoms. The standard InChI is InChI=1S/C18H12F2N2O6/c1-26-15-9-11(6-7-14(15)27-18(19)20)16-21-12(17(23)28-16)8-10-4-2-3-5-13(10)22(24)25/h2-9,18H,1H3/b12-8-. The van der Waals surface area contributed by atoms with E-state index < -0.39 is 17.5 Å². The Morgan fingerprint density at radius 3 is 2.64 bits per heavy atom. The summed E-state index contributed by atoms with van der Waals surface area (Å²) in [6.07, 6.45) is 1.24. The van der Waals surface area contributed by atoms with Gasteiger partial charge in [-0.3, -0.25) is 10.1 Å². The lowest BCUT2D eigenvalue weighted by molar-refractivity contribution is -0.385. The van der Waals surface area contributed by atoms with E-state index in [1.54, 1.807) is 6.07 Å². The van der Waals surface area contributed by atoms with E-state index in [4.69, 9.17) is 9.47 Å². The molecule has 2 aromatic carbocycles. The van der Waals surface area contributed by atoms with E-state index in [2.05, 4.69) is 9.73 Å². The normalized spacial score (nSPS) is 14.8. The van der Waals surface area contributed by atoms with Crippen molar-refractivity contribution >= 4 is 23.6 Å². The first-order chi connectivity index (χ1) is 13.4. The third kappa shape index (κ3) is 3.95. The molecule has 0 aromatic heterocycles. The second kappa shape index (κ2) is 7.82. The maximum Gasteiger partial charge on any atom is 0.387 e. The lowest BCUT2D eigenvalue weighted by Gasteiger charge is -2.10. The van der Waals surface area contributed by atoms with Crippen LogP contribution in [0.25, 0.3) is 6.08 Å². The van der Waals surface area contributed by atoms with Gasteiger partial charge in [0.05, 0.1) is 17.6 Å². The zero-order valence-electron chi connectivity index (χ0n) is 14.3. The van der Waals surface area contributed by atoms with Gasteiger partial charge in [-0.05, 0) is 30.3 Å². The number of carbonyl (C=O) groups is 1. The number of para-hydroxylation sites is 1. The lowest BCUT2D eigenvalue weighted by atomic mass is 10.1. The van der Waals surface area contributed by atoms with E-state index >= 15 is 0 Å². The lowest BCUT2D eigenvalue weighted by Crippen LogP contribution is -2.07. The van der Waals surface area contributed by atoms with Crippen LogP contribution in [0.4, 0.5) is 14.5 Å². The third-order valence-electron chi connectivity index (χ3n) is 3.67. The number of alkyl halides is 2. The largest absolute Gasteiger partial charge is 0.493 e. The van der Waals surface area contributed by atoms with E-state index in [9.17, 15) is 23.7 Å². The van der Waals surface area contributed by atoms with E-state index in [0.717, 1.165) is 0 Å². The molecule has 1 heterocycles. The van der Waals surface area contributed by atoms with Crippen molar-refractivity contribution in [3.8, 4) is 11.5 Å². The van der Waals surface area contributed by atoms with Gasteiger partial charge in [0.15, 0.2) is 17.2 Å². The molecule has 2 aromatic rings. The zero-order chi connectivity index (χ0) is 20.3.